The highest BCUT2D eigenvalue weighted by Gasteiger charge is 2.22. The summed E-state index contributed by atoms with van der Waals surface area (Å²) >= 11 is 0. The van der Waals surface area contributed by atoms with Crippen LogP contribution in [0.25, 0.3) is 0 Å². The first-order chi connectivity index (χ1) is 11.7. The maximum absolute atomic E-state index is 12.6. The van der Waals surface area contributed by atoms with Gasteiger partial charge in [0.15, 0.2) is 0 Å². The first kappa shape index (κ1) is 17.4. The molecule has 3 rings (SSSR count). The largest absolute Gasteiger partial charge is 0.381 e. The number of carbonyl (C=O) groups excluding carboxylic acids is 1. The molecular weight excluding hydrogens is 300 g/mol. The average molecular weight is 330 g/mol. The van der Waals surface area contributed by atoms with Crippen LogP contribution in [0.1, 0.15) is 30.4 Å². The zero-order valence-corrected chi connectivity index (χ0v) is 14.9. The Kier molecular flexibility index (Phi) is 6.27. The molecule has 0 aliphatic carbocycles. The van der Waals surface area contributed by atoms with Crippen LogP contribution in [-0.2, 0) is 16.0 Å². The van der Waals surface area contributed by atoms with Crippen molar-refractivity contribution in [3.63, 3.8) is 0 Å². The number of benzene rings is 1. The predicted octanol–water partition coefficient (Wildman–Crippen LogP) is 2.50. The van der Waals surface area contributed by atoms with Crippen molar-refractivity contribution in [3.8, 4) is 0 Å². The van der Waals surface area contributed by atoms with Gasteiger partial charge in [-0.3, -0.25) is 4.79 Å². The molecule has 2 saturated heterocycles. The topological polar surface area (TPSA) is 32.8 Å². The highest BCUT2D eigenvalue weighted by Crippen LogP contribution is 2.16. The Morgan fingerprint density at radius 2 is 1.96 bits per heavy atom. The monoisotopic (exact) mass is 330 g/mol. The molecule has 0 saturated carbocycles. The van der Waals surface area contributed by atoms with Crippen LogP contribution in [0.2, 0.25) is 0 Å². The molecule has 0 aromatic heterocycles. The van der Waals surface area contributed by atoms with Gasteiger partial charge in [-0.25, -0.2) is 0 Å². The summed E-state index contributed by atoms with van der Waals surface area (Å²) in [6, 6.07) is 8.30. The molecule has 24 heavy (non-hydrogen) atoms. The molecule has 2 aliphatic rings. The highest BCUT2D eigenvalue weighted by molar-refractivity contribution is 5.78. The van der Waals surface area contributed by atoms with E-state index in [1.807, 2.05) is 0 Å². The lowest BCUT2D eigenvalue weighted by atomic mass is 10.0. The minimum absolute atomic E-state index is 0.265. The molecule has 0 N–H and O–H groups in total. The van der Waals surface area contributed by atoms with E-state index in [4.69, 9.17) is 4.74 Å². The summed E-state index contributed by atoms with van der Waals surface area (Å²) in [5.41, 5.74) is 2.36. The predicted molar refractivity (Wildman–Crippen MR) is 96.1 cm³/mol. The van der Waals surface area contributed by atoms with Gasteiger partial charge in [-0.05, 0) is 44.2 Å². The Labute approximate surface area is 145 Å². The van der Waals surface area contributed by atoms with Crippen molar-refractivity contribution in [2.75, 3.05) is 45.9 Å². The van der Waals surface area contributed by atoms with E-state index in [0.29, 0.717) is 12.3 Å². The Morgan fingerprint density at radius 3 is 2.71 bits per heavy atom. The third-order valence-corrected chi connectivity index (χ3v) is 5.19. The van der Waals surface area contributed by atoms with Crippen molar-refractivity contribution in [1.29, 1.82) is 0 Å². The zero-order valence-electron chi connectivity index (χ0n) is 14.9. The molecular formula is C20H30N2O2. The normalized spacial score (nSPS) is 23.0. The third-order valence-electron chi connectivity index (χ3n) is 5.19. The molecule has 0 bridgehead atoms. The van der Waals surface area contributed by atoms with Gasteiger partial charge in [0.1, 0.15) is 0 Å². The first-order valence-electron chi connectivity index (χ1n) is 9.34. The van der Waals surface area contributed by atoms with Crippen LogP contribution in [0.4, 0.5) is 0 Å². The maximum atomic E-state index is 12.6. The van der Waals surface area contributed by atoms with E-state index in [0.717, 1.165) is 57.9 Å². The van der Waals surface area contributed by atoms with Crippen molar-refractivity contribution in [1.82, 2.24) is 9.80 Å². The second-order valence-electron chi connectivity index (χ2n) is 7.28. The van der Waals surface area contributed by atoms with Crippen LogP contribution in [0.3, 0.4) is 0 Å². The van der Waals surface area contributed by atoms with E-state index in [1.54, 1.807) is 0 Å². The summed E-state index contributed by atoms with van der Waals surface area (Å²) in [6.07, 6.45) is 4.08. The van der Waals surface area contributed by atoms with Crippen molar-refractivity contribution < 1.29 is 9.53 Å². The number of ether oxygens (including phenoxy) is 1. The quantitative estimate of drug-likeness (QED) is 0.850. The lowest BCUT2D eigenvalue weighted by Crippen LogP contribution is -2.38. The highest BCUT2D eigenvalue weighted by atomic mass is 16.5. The molecule has 1 aromatic carbocycles. The molecule has 2 fully saturated rings. The van der Waals surface area contributed by atoms with Gasteiger partial charge in [-0.1, -0.05) is 29.8 Å². The van der Waals surface area contributed by atoms with E-state index in [9.17, 15) is 4.79 Å². The fourth-order valence-corrected chi connectivity index (χ4v) is 3.71. The fourth-order valence-electron chi connectivity index (χ4n) is 3.71. The van der Waals surface area contributed by atoms with Crippen LogP contribution in [0, 0.1) is 12.8 Å². The van der Waals surface area contributed by atoms with Gasteiger partial charge in [-0.2, -0.15) is 0 Å². The van der Waals surface area contributed by atoms with Gasteiger partial charge in [0.2, 0.25) is 5.91 Å². The molecule has 1 amide bonds. The summed E-state index contributed by atoms with van der Waals surface area (Å²) in [5, 5.41) is 0. The summed E-state index contributed by atoms with van der Waals surface area (Å²) in [4.78, 5) is 17.2. The molecule has 1 atom stereocenters. The van der Waals surface area contributed by atoms with Gasteiger partial charge < -0.3 is 14.5 Å². The number of hydrogen-bond acceptors (Lipinski definition) is 3. The summed E-state index contributed by atoms with van der Waals surface area (Å²) in [5.74, 6) is 0.940. The second kappa shape index (κ2) is 8.63. The number of amides is 1. The second-order valence-corrected chi connectivity index (χ2v) is 7.28. The van der Waals surface area contributed by atoms with E-state index in [2.05, 4.69) is 41.0 Å². The Bertz CT molecular complexity index is 523. The number of carbonyl (C=O) groups is 1. The van der Waals surface area contributed by atoms with Crippen LogP contribution in [0.15, 0.2) is 24.3 Å². The van der Waals surface area contributed by atoms with E-state index in [-0.39, 0.29) is 5.91 Å². The standard InChI is InChI=1S/C20H30N2O2/c1-17-5-7-18(8-6-17)14-20(23)22-10-3-9-21(11-12-22)15-19-4-2-13-24-16-19/h5-8,19H,2-4,9-16H2,1H3. The molecule has 4 nitrogen and oxygen atoms in total. The van der Waals surface area contributed by atoms with E-state index >= 15 is 0 Å². The zero-order chi connectivity index (χ0) is 16.8. The minimum Gasteiger partial charge on any atom is -0.381 e. The van der Waals surface area contributed by atoms with Crippen molar-refractivity contribution in [3.05, 3.63) is 35.4 Å². The maximum Gasteiger partial charge on any atom is 0.227 e. The average Bonchev–Trinajstić information content (AvgIpc) is 2.83. The molecule has 4 heteroatoms. The van der Waals surface area contributed by atoms with Gasteiger partial charge in [0.25, 0.3) is 0 Å². The van der Waals surface area contributed by atoms with Crippen LogP contribution >= 0.6 is 0 Å². The Hall–Kier alpha value is -1.39. The van der Waals surface area contributed by atoms with Crippen LogP contribution < -0.4 is 0 Å². The number of hydrogen-bond donors (Lipinski definition) is 0. The minimum atomic E-state index is 0.265. The number of rotatable bonds is 4. The number of aryl methyl sites for hydroxylation is 1. The molecule has 2 aliphatic heterocycles. The van der Waals surface area contributed by atoms with E-state index in [1.165, 1.54) is 18.4 Å². The van der Waals surface area contributed by atoms with E-state index < -0.39 is 0 Å². The van der Waals surface area contributed by atoms with Gasteiger partial charge in [0.05, 0.1) is 13.0 Å². The summed E-state index contributed by atoms with van der Waals surface area (Å²) in [7, 11) is 0. The van der Waals surface area contributed by atoms with Gasteiger partial charge in [-0.15, -0.1) is 0 Å². The Morgan fingerprint density at radius 1 is 1.12 bits per heavy atom. The molecule has 0 spiro atoms. The lowest BCUT2D eigenvalue weighted by molar-refractivity contribution is -0.130. The molecule has 2 heterocycles. The fraction of sp³-hybridized carbons (Fsp3) is 0.650. The van der Waals surface area contributed by atoms with Gasteiger partial charge >= 0.3 is 0 Å². The summed E-state index contributed by atoms with van der Waals surface area (Å²) in [6.45, 7) is 8.89. The van der Waals surface area contributed by atoms with Crippen molar-refractivity contribution >= 4 is 5.91 Å². The first-order valence-corrected chi connectivity index (χ1v) is 9.34. The summed E-state index contributed by atoms with van der Waals surface area (Å²) < 4.78 is 5.60. The van der Waals surface area contributed by atoms with Gasteiger partial charge in [0, 0.05) is 32.8 Å². The SMILES string of the molecule is Cc1ccc(CC(=O)N2CCCN(CC3CCCOC3)CC2)cc1. The van der Waals surface area contributed by atoms with Crippen molar-refractivity contribution in [2.24, 2.45) is 5.92 Å². The lowest BCUT2D eigenvalue weighted by Gasteiger charge is -2.28. The van der Waals surface area contributed by atoms with Crippen LogP contribution in [-0.4, -0.2) is 61.6 Å². The molecule has 1 aromatic rings. The molecule has 0 radical (unpaired) electrons. The smallest absolute Gasteiger partial charge is 0.227 e. The number of nitrogens with zero attached hydrogens (tertiary/aromatic N) is 2. The van der Waals surface area contributed by atoms with Crippen molar-refractivity contribution in [2.45, 2.75) is 32.6 Å². The Balaban J connectivity index is 1.47. The van der Waals surface area contributed by atoms with Crippen LogP contribution in [0.5, 0.6) is 0 Å². The molecule has 132 valence electrons. The molecule has 1 unspecified atom stereocenters. The third kappa shape index (κ3) is 5.05.